The molecule has 0 radical (unpaired) electrons. The van der Waals surface area contributed by atoms with Gasteiger partial charge in [-0.05, 0) is 69.0 Å². The van der Waals surface area contributed by atoms with Crippen LogP contribution in [0.1, 0.15) is 55.5 Å². The van der Waals surface area contributed by atoms with Crippen LogP contribution in [0.15, 0.2) is 30.3 Å². The van der Waals surface area contributed by atoms with Crippen molar-refractivity contribution in [3.63, 3.8) is 0 Å². The Morgan fingerprint density at radius 1 is 1.21 bits per heavy atom. The van der Waals surface area contributed by atoms with Crippen molar-refractivity contribution in [2.45, 2.75) is 70.2 Å². The molecule has 210 valence electrons. The number of pyridine rings is 1. The number of hydrogen-bond donors (Lipinski definition) is 4. The maximum atomic E-state index is 13.9. The topological polar surface area (TPSA) is 124 Å². The first-order chi connectivity index (χ1) is 17.9. The van der Waals surface area contributed by atoms with Gasteiger partial charge in [-0.1, -0.05) is 13.3 Å². The van der Waals surface area contributed by atoms with Crippen molar-refractivity contribution in [2.24, 2.45) is 0 Å². The van der Waals surface area contributed by atoms with E-state index in [9.17, 15) is 27.1 Å². The van der Waals surface area contributed by atoms with Crippen molar-refractivity contribution in [2.75, 3.05) is 29.5 Å². The van der Waals surface area contributed by atoms with E-state index in [1.807, 2.05) is 13.8 Å². The highest BCUT2D eigenvalue weighted by Gasteiger charge is 2.31. The smallest absolute Gasteiger partial charge is 0.251 e. The average Bonchev–Trinajstić information content (AvgIpc) is 2.86. The third-order valence-corrected chi connectivity index (χ3v) is 7.95. The van der Waals surface area contributed by atoms with Gasteiger partial charge in [0.2, 0.25) is 10.0 Å². The van der Waals surface area contributed by atoms with Crippen molar-refractivity contribution < 1.29 is 27.1 Å². The van der Waals surface area contributed by atoms with Gasteiger partial charge in [0.05, 0.1) is 18.4 Å². The second-order valence-electron chi connectivity index (χ2n) is 9.89. The van der Waals surface area contributed by atoms with E-state index in [0.717, 1.165) is 35.9 Å². The molecule has 1 aliphatic rings. The van der Waals surface area contributed by atoms with Crippen molar-refractivity contribution >= 4 is 27.6 Å². The molecule has 38 heavy (non-hydrogen) atoms. The second-order valence-corrected chi connectivity index (χ2v) is 11.9. The van der Waals surface area contributed by atoms with E-state index in [1.165, 1.54) is 31.3 Å². The molecule has 2 heterocycles. The third-order valence-electron chi connectivity index (χ3n) is 6.77. The molecular formula is C26H37F2N5O4S. The summed E-state index contributed by atoms with van der Waals surface area (Å²) in [6.07, 6.45) is 3.30. The molecule has 0 bridgehead atoms. The number of hydrogen-bond acceptors (Lipinski definition) is 7. The van der Waals surface area contributed by atoms with E-state index in [-0.39, 0.29) is 35.4 Å². The van der Waals surface area contributed by atoms with Gasteiger partial charge in [-0.2, -0.15) is 0 Å². The quantitative estimate of drug-likeness (QED) is 0.337. The molecule has 1 amide bonds. The van der Waals surface area contributed by atoms with Gasteiger partial charge in [-0.3, -0.25) is 9.10 Å². The maximum Gasteiger partial charge on any atom is 0.251 e. The Balaban J connectivity index is 1.95. The normalized spacial score (nSPS) is 18.3. The number of nitrogens with one attached hydrogen (secondary N) is 3. The van der Waals surface area contributed by atoms with Crippen molar-refractivity contribution in [3.8, 4) is 0 Å². The highest BCUT2D eigenvalue weighted by atomic mass is 32.2. The number of carbonyl (C=O) groups excluding carboxylic acids is 1. The van der Waals surface area contributed by atoms with Crippen LogP contribution in [0.4, 0.5) is 20.4 Å². The van der Waals surface area contributed by atoms with Crippen molar-refractivity contribution in [3.05, 3.63) is 53.1 Å². The van der Waals surface area contributed by atoms with E-state index in [4.69, 9.17) is 0 Å². The van der Waals surface area contributed by atoms with E-state index < -0.39 is 39.7 Å². The number of aromatic nitrogens is 1. The molecule has 1 saturated heterocycles. The molecule has 4 atom stereocenters. The largest absolute Gasteiger partial charge is 0.389 e. The highest BCUT2D eigenvalue weighted by Crippen LogP contribution is 2.22. The fraction of sp³-hybridized carbons (Fsp3) is 0.538. The van der Waals surface area contributed by atoms with Gasteiger partial charge >= 0.3 is 0 Å². The van der Waals surface area contributed by atoms with Crippen LogP contribution in [0.2, 0.25) is 0 Å². The predicted octanol–water partition coefficient (Wildman–Crippen LogP) is 2.81. The summed E-state index contributed by atoms with van der Waals surface area (Å²) in [7, 11) is -2.32. The van der Waals surface area contributed by atoms with Gasteiger partial charge < -0.3 is 21.1 Å². The lowest BCUT2D eigenvalue weighted by Crippen LogP contribution is -2.55. The fourth-order valence-corrected chi connectivity index (χ4v) is 4.78. The Morgan fingerprint density at radius 2 is 1.89 bits per heavy atom. The Labute approximate surface area is 223 Å². The van der Waals surface area contributed by atoms with Crippen LogP contribution in [0.5, 0.6) is 0 Å². The SMILES string of the molecule is CCC(C)Nc1cc(C(=O)NC(Cc2cc(F)cc(F)c2)C(O)C2CCCCN2)cc(N(C)S(C)(=O)=O)n1. The fourth-order valence-electron chi connectivity index (χ4n) is 4.35. The number of carbonyl (C=O) groups is 1. The van der Waals surface area contributed by atoms with Gasteiger partial charge in [0, 0.05) is 30.8 Å². The minimum atomic E-state index is -3.66. The zero-order chi connectivity index (χ0) is 28.0. The number of anilines is 2. The Hall–Kier alpha value is -2.83. The number of amides is 1. The molecule has 1 aromatic carbocycles. The Bertz CT molecular complexity index is 1200. The number of sulfonamides is 1. The van der Waals surface area contributed by atoms with Crippen molar-refractivity contribution in [1.82, 2.24) is 15.6 Å². The standard InChI is InChI=1S/C26H37F2N5O4S/c1-5-16(2)30-23-13-18(14-24(32-23)33(3)38(4,36)37)26(35)31-22(25(34)21-8-6-7-9-29-21)12-17-10-19(27)15-20(28)11-17/h10-11,13-16,21-22,25,29,34H,5-9,12H2,1-4H3,(H,30,32)(H,31,35). The number of aliphatic hydroxyl groups excluding tert-OH is 1. The molecule has 1 fully saturated rings. The van der Waals surface area contributed by atoms with E-state index in [0.29, 0.717) is 18.8 Å². The number of nitrogens with zero attached hydrogens (tertiary/aromatic N) is 2. The van der Waals surface area contributed by atoms with Crippen LogP contribution >= 0.6 is 0 Å². The molecule has 1 aromatic heterocycles. The minimum absolute atomic E-state index is 0.00650. The van der Waals surface area contributed by atoms with Crippen LogP contribution in [-0.4, -0.2) is 68.5 Å². The van der Waals surface area contributed by atoms with Crippen LogP contribution in [0.25, 0.3) is 0 Å². The summed E-state index contributed by atoms with van der Waals surface area (Å²) >= 11 is 0. The zero-order valence-electron chi connectivity index (χ0n) is 22.2. The molecule has 3 rings (SSSR count). The second kappa shape index (κ2) is 12.8. The molecular weight excluding hydrogens is 516 g/mol. The van der Waals surface area contributed by atoms with Gasteiger partial charge in [0.1, 0.15) is 23.3 Å². The Morgan fingerprint density at radius 3 is 2.47 bits per heavy atom. The van der Waals surface area contributed by atoms with Gasteiger partial charge in [0.25, 0.3) is 5.91 Å². The van der Waals surface area contributed by atoms with E-state index >= 15 is 0 Å². The minimum Gasteiger partial charge on any atom is -0.389 e. The van der Waals surface area contributed by atoms with Crippen LogP contribution in [-0.2, 0) is 16.4 Å². The average molecular weight is 554 g/mol. The monoisotopic (exact) mass is 553 g/mol. The first kappa shape index (κ1) is 29.7. The van der Waals surface area contributed by atoms with E-state index in [1.54, 1.807) is 0 Å². The molecule has 12 heteroatoms. The molecule has 2 aromatic rings. The zero-order valence-corrected chi connectivity index (χ0v) is 23.0. The van der Waals surface area contributed by atoms with Crippen LogP contribution in [0, 0.1) is 11.6 Å². The number of halogens is 2. The third kappa shape index (κ3) is 8.08. The molecule has 4 unspecified atom stereocenters. The van der Waals surface area contributed by atoms with Crippen molar-refractivity contribution in [1.29, 1.82) is 0 Å². The Kier molecular flexibility index (Phi) is 10.0. The number of benzene rings is 1. The van der Waals surface area contributed by atoms with Gasteiger partial charge in [-0.25, -0.2) is 22.2 Å². The highest BCUT2D eigenvalue weighted by molar-refractivity contribution is 7.92. The molecule has 0 spiro atoms. The summed E-state index contributed by atoms with van der Waals surface area (Å²) in [5, 5.41) is 20.4. The lowest BCUT2D eigenvalue weighted by Gasteiger charge is -2.34. The molecule has 0 saturated carbocycles. The number of piperidine rings is 1. The first-order valence-electron chi connectivity index (χ1n) is 12.8. The summed E-state index contributed by atoms with van der Waals surface area (Å²) in [5.41, 5.74) is 0.407. The van der Waals surface area contributed by atoms with Gasteiger partial charge in [0.15, 0.2) is 0 Å². The number of aliphatic hydroxyl groups is 1. The summed E-state index contributed by atoms with van der Waals surface area (Å²) in [5.74, 6) is -1.73. The number of rotatable bonds is 11. The molecule has 4 N–H and O–H groups in total. The maximum absolute atomic E-state index is 13.9. The molecule has 1 aliphatic heterocycles. The lowest BCUT2D eigenvalue weighted by molar-refractivity contribution is 0.0646. The van der Waals surface area contributed by atoms with E-state index in [2.05, 4.69) is 20.9 Å². The first-order valence-corrected chi connectivity index (χ1v) is 14.6. The molecule has 0 aliphatic carbocycles. The summed E-state index contributed by atoms with van der Waals surface area (Å²) < 4.78 is 53.1. The summed E-state index contributed by atoms with van der Waals surface area (Å²) in [6, 6.07) is 4.78. The summed E-state index contributed by atoms with van der Waals surface area (Å²) in [4.78, 5) is 17.8. The summed E-state index contributed by atoms with van der Waals surface area (Å²) in [6.45, 7) is 4.61. The van der Waals surface area contributed by atoms with Gasteiger partial charge in [-0.15, -0.1) is 0 Å². The molecule has 9 nitrogen and oxygen atoms in total. The van der Waals surface area contributed by atoms with Crippen LogP contribution < -0.4 is 20.3 Å². The van der Waals surface area contributed by atoms with Crippen LogP contribution in [0.3, 0.4) is 0 Å². The lowest BCUT2D eigenvalue weighted by atomic mass is 9.91. The predicted molar refractivity (Wildman–Crippen MR) is 144 cm³/mol.